The Bertz CT molecular complexity index is 552. The second kappa shape index (κ2) is 12.3. The molecular weight excluding hydrogens is 356 g/mol. The zero-order chi connectivity index (χ0) is 19.4. The maximum atomic E-state index is 5.62. The van der Waals surface area contributed by atoms with Crippen LogP contribution in [0.25, 0.3) is 0 Å². The Balaban J connectivity index is 1.74. The molecule has 0 aliphatic heterocycles. The van der Waals surface area contributed by atoms with Gasteiger partial charge in [0.05, 0.1) is 5.01 Å². The molecule has 2 N–H and O–H groups in total. The van der Waals surface area contributed by atoms with Gasteiger partial charge in [0, 0.05) is 43.9 Å². The number of aryl methyl sites for hydroxylation is 2. The molecule has 0 saturated heterocycles. The van der Waals surface area contributed by atoms with E-state index in [0.29, 0.717) is 5.41 Å². The Morgan fingerprint density at radius 1 is 1.26 bits per heavy atom. The normalized spacial score (nSPS) is 16.6. The highest BCUT2D eigenvalue weighted by atomic mass is 32.1. The van der Waals surface area contributed by atoms with Crippen LogP contribution in [0.3, 0.4) is 0 Å². The smallest absolute Gasteiger partial charge is 0.191 e. The van der Waals surface area contributed by atoms with Crippen LogP contribution in [-0.2, 0) is 11.2 Å². The topological polar surface area (TPSA) is 58.5 Å². The number of thiazole rings is 1. The maximum absolute atomic E-state index is 5.62. The molecule has 6 heteroatoms. The number of aromatic nitrogens is 1. The number of unbranched alkanes of at least 4 members (excludes halogenated alkanes) is 1. The Kier molecular flexibility index (Phi) is 10.1. The SMILES string of the molecule is CCNC(=NCC1(CCOCC)CCCC1)NCCCCc1nc(C)cs1. The van der Waals surface area contributed by atoms with Crippen LogP contribution in [0.4, 0.5) is 0 Å². The second-order valence-corrected chi connectivity index (χ2v) is 8.56. The molecule has 1 heterocycles. The van der Waals surface area contributed by atoms with Crippen LogP contribution >= 0.6 is 11.3 Å². The molecule has 1 aromatic rings. The standard InChI is InChI=1S/C21H38N4OS/c1-4-22-20(23-14-9-6-10-19-25-18(3)16-27-19)24-17-21(11-7-8-12-21)13-15-26-5-2/h16H,4-15,17H2,1-3H3,(H2,22,23,24). The molecule has 1 aliphatic carbocycles. The van der Waals surface area contributed by atoms with Crippen LogP contribution in [0.2, 0.25) is 0 Å². The van der Waals surface area contributed by atoms with Crippen molar-refractivity contribution in [1.82, 2.24) is 15.6 Å². The number of nitrogens with zero attached hydrogens (tertiary/aromatic N) is 2. The molecule has 1 fully saturated rings. The van der Waals surface area contributed by atoms with Gasteiger partial charge < -0.3 is 15.4 Å². The van der Waals surface area contributed by atoms with E-state index < -0.39 is 0 Å². The Hall–Kier alpha value is -1.14. The van der Waals surface area contributed by atoms with Gasteiger partial charge in [-0.3, -0.25) is 4.99 Å². The highest BCUT2D eigenvalue weighted by Gasteiger charge is 2.33. The van der Waals surface area contributed by atoms with Crippen molar-refractivity contribution in [3.63, 3.8) is 0 Å². The van der Waals surface area contributed by atoms with Gasteiger partial charge in [-0.15, -0.1) is 11.3 Å². The van der Waals surface area contributed by atoms with Crippen molar-refractivity contribution in [2.75, 3.05) is 32.8 Å². The summed E-state index contributed by atoms with van der Waals surface area (Å²) >= 11 is 1.77. The largest absolute Gasteiger partial charge is 0.382 e. The van der Waals surface area contributed by atoms with Crippen LogP contribution in [-0.4, -0.2) is 43.8 Å². The van der Waals surface area contributed by atoms with Crippen LogP contribution in [0.15, 0.2) is 10.4 Å². The van der Waals surface area contributed by atoms with Gasteiger partial charge in [-0.1, -0.05) is 12.8 Å². The van der Waals surface area contributed by atoms with E-state index in [1.54, 1.807) is 11.3 Å². The van der Waals surface area contributed by atoms with E-state index in [2.05, 4.69) is 41.8 Å². The number of aliphatic imine (C=N–C) groups is 1. The van der Waals surface area contributed by atoms with Gasteiger partial charge in [0.2, 0.25) is 0 Å². The van der Waals surface area contributed by atoms with E-state index in [-0.39, 0.29) is 0 Å². The summed E-state index contributed by atoms with van der Waals surface area (Å²) in [4.78, 5) is 9.47. The third-order valence-corrected chi connectivity index (χ3v) is 6.36. The van der Waals surface area contributed by atoms with Crippen molar-refractivity contribution in [3.8, 4) is 0 Å². The molecule has 1 aliphatic rings. The number of nitrogens with one attached hydrogen (secondary N) is 2. The van der Waals surface area contributed by atoms with Gasteiger partial charge in [-0.05, 0) is 64.7 Å². The fourth-order valence-corrected chi connectivity index (χ4v) is 4.58. The maximum Gasteiger partial charge on any atom is 0.191 e. The lowest BCUT2D eigenvalue weighted by Crippen LogP contribution is -2.39. The zero-order valence-corrected chi connectivity index (χ0v) is 18.3. The van der Waals surface area contributed by atoms with Gasteiger partial charge >= 0.3 is 0 Å². The van der Waals surface area contributed by atoms with Gasteiger partial charge in [-0.2, -0.15) is 0 Å². The summed E-state index contributed by atoms with van der Waals surface area (Å²) in [6, 6.07) is 0. The number of guanidine groups is 1. The number of hydrogen-bond donors (Lipinski definition) is 2. The Labute approximate surface area is 169 Å². The Morgan fingerprint density at radius 3 is 2.74 bits per heavy atom. The van der Waals surface area contributed by atoms with Crippen LogP contribution in [0.5, 0.6) is 0 Å². The van der Waals surface area contributed by atoms with E-state index >= 15 is 0 Å². The molecule has 0 spiro atoms. The van der Waals surface area contributed by atoms with Gasteiger partial charge in [-0.25, -0.2) is 4.98 Å². The summed E-state index contributed by atoms with van der Waals surface area (Å²) in [7, 11) is 0. The first-order valence-electron chi connectivity index (χ1n) is 10.7. The molecule has 0 atom stereocenters. The lowest BCUT2D eigenvalue weighted by molar-refractivity contribution is 0.107. The molecule has 0 bridgehead atoms. The first-order valence-corrected chi connectivity index (χ1v) is 11.6. The molecule has 5 nitrogen and oxygen atoms in total. The molecule has 2 rings (SSSR count). The average Bonchev–Trinajstić information content (AvgIpc) is 3.29. The first kappa shape index (κ1) is 22.2. The van der Waals surface area contributed by atoms with E-state index in [4.69, 9.17) is 9.73 Å². The van der Waals surface area contributed by atoms with Crippen molar-refractivity contribution < 1.29 is 4.74 Å². The molecular formula is C21H38N4OS. The molecule has 0 unspecified atom stereocenters. The zero-order valence-electron chi connectivity index (χ0n) is 17.5. The monoisotopic (exact) mass is 394 g/mol. The minimum atomic E-state index is 0.347. The van der Waals surface area contributed by atoms with Crippen molar-refractivity contribution in [3.05, 3.63) is 16.1 Å². The Morgan fingerprint density at radius 2 is 2.07 bits per heavy atom. The van der Waals surface area contributed by atoms with Crippen LogP contribution in [0, 0.1) is 12.3 Å². The average molecular weight is 395 g/mol. The lowest BCUT2D eigenvalue weighted by Gasteiger charge is -2.27. The second-order valence-electron chi connectivity index (χ2n) is 7.62. The molecule has 1 saturated carbocycles. The molecule has 1 aromatic heterocycles. The van der Waals surface area contributed by atoms with E-state index in [9.17, 15) is 0 Å². The molecule has 0 radical (unpaired) electrons. The van der Waals surface area contributed by atoms with Crippen LogP contribution < -0.4 is 10.6 Å². The number of hydrogen-bond acceptors (Lipinski definition) is 4. The predicted octanol–water partition coefficient (Wildman–Crippen LogP) is 4.32. The molecule has 0 amide bonds. The van der Waals surface area contributed by atoms with Crippen molar-refractivity contribution in [2.24, 2.45) is 10.4 Å². The van der Waals surface area contributed by atoms with E-state index in [1.807, 2.05) is 0 Å². The van der Waals surface area contributed by atoms with Crippen molar-refractivity contribution >= 4 is 17.3 Å². The minimum Gasteiger partial charge on any atom is -0.382 e. The quantitative estimate of drug-likeness (QED) is 0.315. The van der Waals surface area contributed by atoms with Gasteiger partial charge in [0.15, 0.2) is 5.96 Å². The van der Waals surface area contributed by atoms with Crippen LogP contribution in [0.1, 0.15) is 69.5 Å². The summed E-state index contributed by atoms with van der Waals surface area (Å²) in [6.45, 7) is 10.7. The van der Waals surface area contributed by atoms with E-state index in [0.717, 1.165) is 70.2 Å². The lowest BCUT2D eigenvalue weighted by atomic mass is 9.83. The molecule has 27 heavy (non-hydrogen) atoms. The van der Waals surface area contributed by atoms with Crippen molar-refractivity contribution in [2.45, 2.75) is 72.1 Å². The van der Waals surface area contributed by atoms with Gasteiger partial charge in [0.25, 0.3) is 0 Å². The fourth-order valence-electron chi connectivity index (χ4n) is 3.76. The predicted molar refractivity (Wildman–Crippen MR) is 116 cm³/mol. The summed E-state index contributed by atoms with van der Waals surface area (Å²) in [5.41, 5.74) is 1.49. The third-order valence-electron chi connectivity index (χ3n) is 5.34. The highest BCUT2D eigenvalue weighted by Crippen LogP contribution is 2.41. The third kappa shape index (κ3) is 8.18. The number of ether oxygens (including phenoxy) is 1. The minimum absolute atomic E-state index is 0.347. The summed E-state index contributed by atoms with van der Waals surface area (Å²) in [5, 5.41) is 10.3. The van der Waals surface area contributed by atoms with E-state index in [1.165, 1.54) is 30.7 Å². The molecule has 154 valence electrons. The number of rotatable bonds is 12. The van der Waals surface area contributed by atoms with Gasteiger partial charge in [0.1, 0.15) is 0 Å². The van der Waals surface area contributed by atoms with Crippen molar-refractivity contribution in [1.29, 1.82) is 0 Å². The summed E-state index contributed by atoms with van der Waals surface area (Å²) < 4.78 is 5.62. The molecule has 0 aromatic carbocycles. The first-order chi connectivity index (χ1) is 13.2. The highest BCUT2D eigenvalue weighted by molar-refractivity contribution is 7.09. The summed E-state index contributed by atoms with van der Waals surface area (Å²) in [5.74, 6) is 0.963. The fraction of sp³-hybridized carbons (Fsp3) is 0.810. The summed E-state index contributed by atoms with van der Waals surface area (Å²) in [6.07, 6.45) is 9.76.